The van der Waals surface area contributed by atoms with E-state index in [0.717, 1.165) is 24.5 Å². The summed E-state index contributed by atoms with van der Waals surface area (Å²) in [5.41, 5.74) is 7.32. The summed E-state index contributed by atoms with van der Waals surface area (Å²) in [6.45, 7) is 8.80. The number of hydrogen-bond donors (Lipinski definition) is 1. The van der Waals surface area contributed by atoms with Crippen molar-refractivity contribution in [2.24, 2.45) is 11.1 Å². The van der Waals surface area contributed by atoms with E-state index < -0.39 is 0 Å². The molecule has 1 aliphatic rings. The van der Waals surface area contributed by atoms with Gasteiger partial charge in [0, 0.05) is 25.3 Å². The second-order valence-corrected chi connectivity index (χ2v) is 5.57. The molecule has 1 atom stereocenters. The summed E-state index contributed by atoms with van der Waals surface area (Å²) >= 11 is 0. The Kier molecular flexibility index (Phi) is 2.89. The fraction of sp³-hybridized carbons (Fsp3) is 0.615. The Morgan fingerprint density at radius 1 is 1.44 bits per heavy atom. The summed E-state index contributed by atoms with van der Waals surface area (Å²) in [7, 11) is 0. The predicted octanol–water partition coefficient (Wildman–Crippen LogP) is 2.34. The van der Waals surface area contributed by atoms with Gasteiger partial charge >= 0.3 is 0 Å². The molecule has 3 heteroatoms. The van der Waals surface area contributed by atoms with Crippen molar-refractivity contribution in [2.75, 3.05) is 18.0 Å². The summed E-state index contributed by atoms with van der Waals surface area (Å²) in [5, 5.41) is 0. The van der Waals surface area contributed by atoms with Crippen LogP contribution in [0.1, 0.15) is 38.8 Å². The molecule has 0 unspecified atom stereocenters. The molecular formula is C13H21N3. The zero-order valence-electron chi connectivity index (χ0n) is 10.4. The lowest BCUT2D eigenvalue weighted by Crippen LogP contribution is -2.23. The van der Waals surface area contributed by atoms with E-state index >= 15 is 0 Å². The van der Waals surface area contributed by atoms with Crippen molar-refractivity contribution in [1.82, 2.24) is 4.98 Å². The van der Waals surface area contributed by atoms with Crippen LogP contribution in [0.2, 0.25) is 0 Å². The highest BCUT2D eigenvalue weighted by molar-refractivity contribution is 5.41. The van der Waals surface area contributed by atoms with E-state index in [0.29, 0.717) is 5.41 Å². The molecule has 3 nitrogen and oxygen atoms in total. The van der Waals surface area contributed by atoms with Crippen LogP contribution in [0.25, 0.3) is 0 Å². The van der Waals surface area contributed by atoms with Crippen molar-refractivity contribution in [3.05, 3.63) is 23.9 Å². The Labute approximate surface area is 97.7 Å². The quantitative estimate of drug-likeness (QED) is 0.830. The van der Waals surface area contributed by atoms with Gasteiger partial charge in [-0.2, -0.15) is 0 Å². The third-order valence-corrected chi connectivity index (χ3v) is 3.30. The highest BCUT2D eigenvalue weighted by Gasteiger charge is 2.29. The largest absolute Gasteiger partial charge is 0.356 e. The van der Waals surface area contributed by atoms with Crippen molar-refractivity contribution in [3.63, 3.8) is 0 Å². The first-order valence-electron chi connectivity index (χ1n) is 5.94. The number of pyridine rings is 1. The van der Waals surface area contributed by atoms with Crippen LogP contribution in [0.15, 0.2) is 18.3 Å². The van der Waals surface area contributed by atoms with E-state index in [1.54, 1.807) is 0 Å². The first kappa shape index (κ1) is 11.4. The maximum Gasteiger partial charge on any atom is 0.128 e. The Hall–Kier alpha value is -1.09. The van der Waals surface area contributed by atoms with E-state index in [-0.39, 0.29) is 6.04 Å². The Bertz CT molecular complexity index is 354. The summed E-state index contributed by atoms with van der Waals surface area (Å²) < 4.78 is 0. The van der Waals surface area contributed by atoms with Crippen LogP contribution >= 0.6 is 0 Å². The first-order chi connectivity index (χ1) is 7.48. The first-order valence-corrected chi connectivity index (χ1v) is 5.94. The maximum atomic E-state index is 5.81. The minimum Gasteiger partial charge on any atom is -0.356 e. The smallest absolute Gasteiger partial charge is 0.128 e. The number of nitrogens with two attached hydrogens (primary N) is 1. The van der Waals surface area contributed by atoms with E-state index in [1.165, 1.54) is 6.42 Å². The lowest BCUT2D eigenvalue weighted by atomic mass is 9.93. The number of nitrogens with zero attached hydrogens (tertiary/aromatic N) is 2. The molecule has 2 N–H and O–H groups in total. The van der Waals surface area contributed by atoms with Crippen LogP contribution in [-0.2, 0) is 0 Å². The van der Waals surface area contributed by atoms with E-state index in [9.17, 15) is 0 Å². The molecule has 1 aromatic rings. The van der Waals surface area contributed by atoms with Crippen molar-refractivity contribution in [2.45, 2.75) is 33.2 Å². The van der Waals surface area contributed by atoms with Gasteiger partial charge in [-0.25, -0.2) is 4.98 Å². The highest BCUT2D eigenvalue weighted by atomic mass is 15.2. The van der Waals surface area contributed by atoms with Crippen molar-refractivity contribution < 1.29 is 0 Å². The van der Waals surface area contributed by atoms with Crippen LogP contribution in [0.4, 0.5) is 5.82 Å². The van der Waals surface area contributed by atoms with Crippen LogP contribution in [0.3, 0.4) is 0 Å². The average molecular weight is 219 g/mol. The van der Waals surface area contributed by atoms with Gasteiger partial charge in [0.25, 0.3) is 0 Å². The van der Waals surface area contributed by atoms with E-state index in [2.05, 4.69) is 35.9 Å². The van der Waals surface area contributed by atoms with Gasteiger partial charge in [-0.3, -0.25) is 0 Å². The normalized spacial score (nSPS) is 21.1. The second kappa shape index (κ2) is 4.06. The molecular weight excluding hydrogens is 198 g/mol. The molecule has 2 heterocycles. The fourth-order valence-electron chi connectivity index (χ4n) is 2.16. The molecule has 88 valence electrons. The Balaban J connectivity index is 2.11. The van der Waals surface area contributed by atoms with Crippen molar-refractivity contribution in [3.8, 4) is 0 Å². The molecule has 0 bridgehead atoms. The zero-order chi connectivity index (χ0) is 11.8. The predicted molar refractivity (Wildman–Crippen MR) is 67.5 cm³/mol. The molecule has 16 heavy (non-hydrogen) atoms. The average Bonchev–Trinajstić information content (AvgIpc) is 2.59. The number of rotatable bonds is 2. The lowest BCUT2D eigenvalue weighted by molar-refractivity contribution is 0.418. The van der Waals surface area contributed by atoms with Crippen molar-refractivity contribution in [1.29, 1.82) is 0 Å². The van der Waals surface area contributed by atoms with Gasteiger partial charge in [0.2, 0.25) is 0 Å². The second-order valence-electron chi connectivity index (χ2n) is 5.57. The van der Waals surface area contributed by atoms with Crippen molar-refractivity contribution >= 4 is 5.82 Å². The van der Waals surface area contributed by atoms with Gasteiger partial charge in [-0.15, -0.1) is 0 Å². The summed E-state index contributed by atoms with van der Waals surface area (Å²) in [4.78, 5) is 6.85. The molecule has 0 spiro atoms. The third-order valence-electron chi connectivity index (χ3n) is 3.30. The summed E-state index contributed by atoms with van der Waals surface area (Å²) in [6.07, 6.45) is 3.13. The molecule has 0 aliphatic carbocycles. The van der Waals surface area contributed by atoms with Gasteiger partial charge in [-0.1, -0.05) is 19.9 Å². The van der Waals surface area contributed by atoms with Gasteiger partial charge in [0.1, 0.15) is 5.82 Å². The van der Waals surface area contributed by atoms with Crippen LogP contribution in [-0.4, -0.2) is 18.1 Å². The molecule has 2 rings (SSSR count). The topological polar surface area (TPSA) is 42.1 Å². The zero-order valence-corrected chi connectivity index (χ0v) is 10.4. The number of aromatic nitrogens is 1. The lowest BCUT2D eigenvalue weighted by Gasteiger charge is -2.21. The van der Waals surface area contributed by atoms with Gasteiger partial charge in [-0.05, 0) is 30.4 Å². The molecule has 1 aliphatic heterocycles. The minimum atomic E-state index is 0.0663. The number of hydrogen-bond acceptors (Lipinski definition) is 3. The fourth-order valence-corrected chi connectivity index (χ4v) is 2.16. The van der Waals surface area contributed by atoms with Gasteiger partial charge in [0.15, 0.2) is 0 Å². The molecule has 1 saturated heterocycles. The summed E-state index contributed by atoms with van der Waals surface area (Å²) in [5.74, 6) is 1.08. The molecule has 0 radical (unpaired) electrons. The van der Waals surface area contributed by atoms with Gasteiger partial charge in [0.05, 0.1) is 0 Å². The molecule has 1 fully saturated rings. The molecule has 0 amide bonds. The third kappa shape index (κ3) is 2.35. The van der Waals surface area contributed by atoms with E-state index in [1.807, 2.05) is 13.1 Å². The van der Waals surface area contributed by atoms with Gasteiger partial charge < -0.3 is 10.6 Å². The van der Waals surface area contributed by atoms with Crippen LogP contribution in [0, 0.1) is 5.41 Å². The SMILES string of the molecule is C[C@@H](N)c1ccc(N2CCC(C)(C)C2)nc1. The van der Waals surface area contributed by atoms with E-state index in [4.69, 9.17) is 5.73 Å². The Morgan fingerprint density at radius 2 is 2.19 bits per heavy atom. The molecule has 0 aromatic carbocycles. The Morgan fingerprint density at radius 3 is 2.62 bits per heavy atom. The van der Waals surface area contributed by atoms with Crippen LogP contribution < -0.4 is 10.6 Å². The standard InChI is InChI=1S/C13H21N3/c1-10(14)11-4-5-12(15-8-11)16-7-6-13(2,3)9-16/h4-5,8,10H,6-7,9,14H2,1-3H3/t10-/m1/s1. The summed E-state index contributed by atoms with van der Waals surface area (Å²) in [6, 6.07) is 4.23. The number of anilines is 1. The molecule has 0 saturated carbocycles. The molecule has 1 aromatic heterocycles. The maximum absolute atomic E-state index is 5.81. The van der Waals surface area contributed by atoms with Crippen LogP contribution in [0.5, 0.6) is 0 Å². The minimum absolute atomic E-state index is 0.0663. The highest BCUT2D eigenvalue weighted by Crippen LogP contribution is 2.31. The monoisotopic (exact) mass is 219 g/mol.